The van der Waals surface area contributed by atoms with E-state index < -0.39 is 10.8 Å². The molecule has 1 aliphatic rings. The van der Waals surface area contributed by atoms with Gasteiger partial charge < -0.3 is 20.9 Å². The number of nitrogens with two attached hydrogens (primary N) is 1. The minimum Gasteiger partial charge on any atom is -0.366 e. The molecular weight excluding hydrogens is 364 g/mol. The van der Waals surface area contributed by atoms with E-state index in [4.69, 9.17) is 5.73 Å². The van der Waals surface area contributed by atoms with Crippen LogP contribution in [0.15, 0.2) is 36.8 Å². The smallest absolute Gasteiger partial charge is 0.329 e. The van der Waals surface area contributed by atoms with Crippen LogP contribution in [0.5, 0.6) is 0 Å². The molecule has 28 heavy (non-hydrogen) atoms. The summed E-state index contributed by atoms with van der Waals surface area (Å²) in [6.45, 7) is 0.989. The number of benzene rings is 1. The molecule has 0 saturated carbocycles. The summed E-state index contributed by atoms with van der Waals surface area (Å²) in [4.78, 5) is 39.6. The van der Waals surface area contributed by atoms with Crippen molar-refractivity contribution in [3.63, 3.8) is 0 Å². The average molecular weight is 380 g/mol. The number of carbonyl (C=O) groups excluding carboxylic acids is 1. The molecule has 4 rings (SSSR count). The zero-order chi connectivity index (χ0) is 19.7. The third kappa shape index (κ3) is 3.32. The van der Waals surface area contributed by atoms with Crippen LogP contribution in [-0.4, -0.2) is 37.3 Å². The van der Waals surface area contributed by atoms with Crippen molar-refractivity contribution in [2.24, 2.45) is 5.73 Å². The second-order valence-corrected chi connectivity index (χ2v) is 6.23. The second kappa shape index (κ2) is 6.95. The zero-order valence-corrected chi connectivity index (χ0v) is 14.6. The highest BCUT2D eigenvalue weighted by molar-refractivity contribution is 5.93. The molecule has 2 aromatic heterocycles. The van der Waals surface area contributed by atoms with E-state index in [2.05, 4.69) is 25.3 Å². The summed E-state index contributed by atoms with van der Waals surface area (Å²) >= 11 is 0. The number of carbonyl (C=O) groups is 1. The van der Waals surface area contributed by atoms with E-state index >= 15 is 0 Å². The van der Waals surface area contributed by atoms with Gasteiger partial charge in [-0.25, -0.2) is 9.97 Å². The quantitative estimate of drug-likeness (QED) is 0.444. The van der Waals surface area contributed by atoms with E-state index in [0.717, 1.165) is 11.4 Å². The summed E-state index contributed by atoms with van der Waals surface area (Å²) < 4.78 is 0. The van der Waals surface area contributed by atoms with Gasteiger partial charge in [0.15, 0.2) is 0 Å². The predicted octanol–water partition coefficient (Wildman–Crippen LogP) is 1.51. The molecule has 1 aliphatic heterocycles. The molecule has 3 heterocycles. The SMILES string of the molecule is NC(=O)c1ccc(Nc2ncc([N+](=O)[O-])c(N3CCc4[nH]cnc4C3)n2)cc1. The monoisotopic (exact) mass is 380 g/mol. The normalized spacial score (nSPS) is 13.1. The maximum atomic E-state index is 11.4. The first-order valence-corrected chi connectivity index (χ1v) is 8.45. The van der Waals surface area contributed by atoms with Crippen LogP contribution in [0, 0.1) is 10.1 Å². The number of aromatic amines is 1. The van der Waals surface area contributed by atoms with Crippen molar-refractivity contribution in [3.8, 4) is 0 Å². The second-order valence-electron chi connectivity index (χ2n) is 6.23. The van der Waals surface area contributed by atoms with Crippen LogP contribution in [0.1, 0.15) is 21.7 Å². The zero-order valence-electron chi connectivity index (χ0n) is 14.6. The van der Waals surface area contributed by atoms with Gasteiger partial charge in [-0.05, 0) is 24.3 Å². The van der Waals surface area contributed by atoms with Crippen LogP contribution >= 0.6 is 0 Å². The topological polar surface area (TPSA) is 156 Å². The first-order valence-electron chi connectivity index (χ1n) is 8.45. The number of hydrogen-bond donors (Lipinski definition) is 3. The van der Waals surface area contributed by atoms with Gasteiger partial charge in [-0.2, -0.15) is 4.98 Å². The molecule has 142 valence electrons. The lowest BCUT2D eigenvalue weighted by Gasteiger charge is -2.26. The van der Waals surface area contributed by atoms with Crippen molar-refractivity contribution in [3.05, 3.63) is 63.9 Å². The lowest BCUT2D eigenvalue weighted by molar-refractivity contribution is -0.384. The highest BCUT2D eigenvalue weighted by atomic mass is 16.6. The number of imidazole rings is 1. The Morgan fingerprint density at radius 2 is 2.07 bits per heavy atom. The van der Waals surface area contributed by atoms with Gasteiger partial charge >= 0.3 is 5.69 Å². The van der Waals surface area contributed by atoms with E-state index in [1.165, 1.54) is 6.20 Å². The van der Waals surface area contributed by atoms with Crippen LogP contribution in [-0.2, 0) is 13.0 Å². The number of hydrogen-bond acceptors (Lipinski definition) is 8. The van der Waals surface area contributed by atoms with Crippen LogP contribution in [0.3, 0.4) is 0 Å². The van der Waals surface area contributed by atoms with Gasteiger partial charge in [0.2, 0.25) is 17.7 Å². The van der Waals surface area contributed by atoms with Gasteiger partial charge in [0, 0.05) is 29.9 Å². The number of amides is 1. The van der Waals surface area contributed by atoms with Gasteiger partial charge in [0.05, 0.1) is 23.5 Å². The number of nitro groups is 1. The standard InChI is InChI=1S/C17H16N8O3/c18-15(26)10-1-3-11(4-2-10)22-17-19-7-14(25(27)28)16(23-17)24-6-5-12-13(8-24)21-9-20-12/h1-4,7,9H,5-6,8H2,(H2,18,26)(H,20,21)(H,19,22,23). The minimum atomic E-state index is -0.525. The fraction of sp³-hybridized carbons (Fsp3) is 0.176. The molecule has 0 radical (unpaired) electrons. The molecule has 0 aliphatic carbocycles. The van der Waals surface area contributed by atoms with Crippen LogP contribution in [0.2, 0.25) is 0 Å². The van der Waals surface area contributed by atoms with Crippen molar-refractivity contribution in [1.82, 2.24) is 19.9 Å². The predicted molar refractivity (Wildman–Crippen MR) is 100 cm³/mol. The summed E-state index contributed by atoms with van der Waals surface area (Å²) in [7, 11) is 0. The number of nitrogens with one attached hydrogen (secondary N) is 2. The molecule has 11 heteroatoms. The van der Waals surface area contributed by atoms with Crippen LogP contribution in [0.25, 0.3) is 0 Å². The number of rotatable bonds is 5. The Hall–Kier alpha value is -4.02. The number of primary amides is 1. The van der Waals surface area contributed by atoms with Crippen molar-refractivity contribution in [1.29, 1.82) is 0 Å². The van der Waals surface area contributed by atoms with Gasteiger partial charge in [0.1, 0.15) is 6.20 Å². The molecule has 3 aromatic rings. The molecule has 0 fully saturated rings. The van der Waals surface area contributed by atoms with E-state index in [1.54, 1.807) is 30.6 Å². The molecule has 0 unspecified atom stereocenters. The van der Waals surface area contributed by atoms with Crippen molar-refractivity contribution in [2.75, 3.05) is 16.8 Å². The maximum Gasteiger partial charge on any atom is 0.329 e. The Bertz CT molecular complexity index is 1050. The fourth-order valence-corrected chi connectivity index (χ4v) is 3.02. The average Bonchev–Trinajstić information content (AvgIpc) is 3.16. The number of nitrogens with zero attached hydrogens (tertiary/aromatic N) is 5. The Kier molecular flexibility index (Phi) is 4.32. The number of aromatic nitrogens is 4. The summed E-state index contributed by atoms with van der Waals surface area (Å²) in [5, 5.41) is 14.4. The first kappa shape index (κ1) is 17.4. The number of anilines is 3. The highest BCUT2D eigenvalue weighted by Crippen LogP contribution is 2.30. The molecule has 0 bridgehead atoms. The summed E-state index contributed by atoms with van der Waals surface area (Å²) in [5.41, 5.74) is 7.93. The maximum absolute atomic E-state index is 11.4. The number of fused-ring (bicyclic) bond motifs is 1. The molecular formula is C17H16N8O3. The summed E-state index contributed by atoms with van der Waals surface area (Å²) in [5.74, 6) is -0.0894. The Balaban J connectivity index is 1.62. The van der Waals surface area contributed by atoms with E-state index in [-0.39, 0.29) is 17.5 Å². The molecule has 1 amide bonds. The van der Waals surface area contributed by atoms with Crippen molar-refractivity contribution >= 4 is 29.0 Å². The third-order valence-electron chi connectivity index (χ3n) is 4.45. The Morgan fingerprint density at radius 3 is 2.79 bits per heavy atom. The lowest BCUT2D eigenvalue weighted by Crippen LogP contribution is -2.32. The van der Waals surface area contributed by atoms with Crippen LogP contribution < -0.4 is 16.0 Å². The van der Waals surface area contributed by atoms with Gasteiger partial charge in [-0.1, -0.05) is 0 Å². The number of H-pyrrole nitrogens is 1. The van der Waals surface area contributed by atoms with Crippen LogP contribution in [0.4, 0.5) is 23.1 Å². The minimum absolute atomic E-state index is 0.173. The van der Waals surface area contributed by atoms with E-state index in [0.29, 0.717) is 30.8 Å². The molecule has 0 spiro atoms. The van der Waals surface area contributed by atoms with Crippen molar-refractivity contribution in [2.45, 2.75) is 13.0 Å². The Morgan fingerprint density at radius 1 is 1.29 bits per heavy atom. The molecule has 1 aromatic carbocycles. The van der Waals surface area contributed by atoms with Gasteiger partial charge in [0.25, 0.3) is 0 Å². The van der Waals surface area contributed by atoms with E-state index in [9.17, 15) is 14.9 Å². The highest BCUT2D eigenvalue weighted by Gasteiger charge is 2.27. The van der Waals surface area contributed by atoms with Gasteiger partial charge in [-0.15, -0.1) is 0 Å². The van der Waals surface area contributed by atoms with E-state index in [1.807, 2.05) is 4.90 Å². The van der Waals surface area contributed by atoms with Gasteiger partial charge in [-0.3, -0.25) is 14.9 Å². The fourth-order valence-electron chi connectivity index (χ4n) is 3.02. The molecule has 11 nitrogen and oxygen atoms in total. The first-order chi connectivity index (χ1) is 13.5. The molecule has 0 atom stereocenters. The lowest BCUT2D eigenvalue weighted by atomic mass is 10.1. The summed E-state index contributed by atoms with van der Waals surface area (Å²) in [6, 6.07) is 6.45. The molecule has 0 saturated heterocycles. The van der Waals surface area contributed by atoms with Crippen molar-refractivity contribution < 1.29 is 9.72 Å². The summed E-state index contributed by atoms with van der Waals surface area (Å²) in [6.07, 6.45) is 3.49. The largest absolute Gasteiger partial charge is 0.366 e. The Labute approximate surface area is 158 Å². The third-order valence-corrected chi connectivity index (χ3v) is 4.45. The molecule has 4 N–H and O–H groups in total.